The Morgan fingerprint density at radius 1 is 1.43 bits per heavy atom. The summed E-state index contributed by atoms with van der Waals surface area (Å²) >= 11 is 0. The highest BCUT2D eigenvalue weighted by atomic mass is 16.4. The van der Waals surface area contributed by atoms with E-state index >= 15 is 0 Å². The summed E-state index contributed by atoms with van der Waals surface area (Å²) in [4.78, 5) is 10.7. The summed E-state index contributed by atoms with van der Waals surface area (Å²) in [5, 5.41) is 8.80. The van der Waals surface area contributed by atoms with Crippen LogP contribution in [0.25, 0.3) is 6.08 Å². The minimum atomic E-state index is -0.764. The van der Waals surface area contributed by atoms with E-state index in [0.717, 1.165) is 5.56 Å². The second-order valence-electron chi connectivity index (χ2n) is 3.12. The smallest absolute Gasteiger partial charge is 0.310 e. The van der Waals surface area contributed by atoms with Crippen LogP contribution in [0.4, 0.5) is 0 Å². The number of hydrogen-bond donors (Lipinski definition) is 1. The molecule has 1 rings (SSSR count). The van der Waals surface area contributed by atoms with Crippen molar-refractivity contribution >= 4 is 12.0 Å². The second kappa shape index (κ2) is 5.22. The van der Waals surface area contributed by atoms with Crippen molar-refractivity contribution in [1.82, 2.24) is 0 Å². The lowest BCUT2D eigenvalue weighted by atomic mass is 10.1. The molecule has 0 spiro atoms. The highest BCUT2D eigenvalue weighted by Gasteiger charge is 2.09. The highest BCUT2D eigenvalue weighted by molar-refractivity contribution is 5.73. The van der Waals surface area contributed by atoms with Crippen molar-refractivity contribution in [1.29, 1.82) is 0 Å². The molecule has 0 saturated heterocycles. The van der Waals surface area contributed by atoms with Crippen LogP contribution in [-0.4, -0.2) is 11.1 Å². The monoisotopic (exact) mass is 190 g/mol. The summed E-state index contributed by atoms with van der Waals surface area (Å²) < 4.78 is 0. The summed E-state index contributed by atoms with van der Waals surface area (Å²) in [5.41, 5.74) is 1.03. The number of rotatable bonds is 4. The SMILES string of the molecule is CC[C@H](/C=C/c1ccccc1)C(=O)O. The summed E-state index contributed by atoms with van der Waals surface area (Å²) in [6, 6.07) is 9.70. The van der Waals surface area contributed by atoms with Gasteiger partial charge in [0.05, 0.1) is 5.92 Å². The molecule has 1 aromatic rings. The van der Waals surface area contributed by atoms with Crippen LogP contribution in [0.3, 0.4) is 0 Å². The van der Waals surface area contributed by atoms with Crippen molar-refractivity contribution in [2.24, 2.45) is 5.92 Å². The van der Waals surface area contributed by atoms with Gasteiger partial charge in [0.1, 0.15) is 0 Å². The number of aliphatic carboxylic acids is 1. The molecule has 14 heavy (non-hydrogen) atoms. The van der Waals surface area contributed by atoms with E-state index in [2.05, 4.69) is 0 Å². The maximum Gasteiger partial charge on any atom is 0.310 e. The molecule has 0 unspecified atom stereocenters. The third-order valence-electron chi connectivity index (χ3n) is 2.08. The van der Waals surface area contributed by atoms with E-state index in [1.165, 1.54) is 0 Å². The van der Waals surface area contributed by atoms with E-state index in [-0.39, 0.29) is 5.92 Å². The molecular formula is C12H14O2. The normalized spacial score (nSPS) is 12.9. The van der Waals surface area contributed by atoms with E-state index in [1.807, 2.05) is 43.3 Å². The van der Waals surface area contributed by atoms with Gasteiger partial charge in [-0.1, -0.05) is 49.4 Å². The third-order valence-corrected chi connectivity index (χ3v) is 2.08. The number of carbonyl (C=O) groups is 1. The molecule has 0 radical (unpaired) electrons. The van der Waals surface area contributed by atoms with Crippen LogP contribution < -0.4 is 0 Å². The Hall–Kier alpha value is -1.57. The molecule has 0 aromatic heterocycles. The van der Waals surface area contributed by atoms with Gasteiger partial charge in [-0.2, -0.15) is 0 Å². The van der Waals surface area contributed by atoms with Crippen LogP contribution in [-0.2, 0) is 4.79 Å². The summed E-state index contributed by atoms with van der Waals surface area (Å²) in [7, 11) is 0. The lowest BCUT2D eigenvalue weighted by Gasteiger charge is -2.01. The summed E-state index contributed by atoms with van der Waals surface area (Å²) in [6.07, 6.45) is 4.21. The third kappa shape index (κ3) is 3.05. The Labute approximate surface area is 83.9 Å². The van der Waals surface area contributed by atoms with Crippen molar-refractivity contribution in [3.8, 4) is 0 Å². The van der Waals surface area contributed by atoms with E-state index in [0.29, 0.717) is 6.42 Å². The van der Waals surface area contributed by atoms with Crippen LogP contribution in [0.15, 0.2) is 36.4 Å². The molecule has 74 valence electrons. The van der Waals surface area contributed by atoms with Crippen molar-refractivity contribution in [2.75, 3.05) is 0 Å². The van der Waals surface area contributed by atoms with Gasteiger partial charge in [-0.15, -0.1) is 0 Å². The second-order valence-corrected chi connectivity index (χ2v) is 3.12. The molecule has 0 bridgehead atoms. The van der Waals surface area contributed by atoms with E-state index in [4.69, 9.17) is 5.11 Å². The molecule has 1 aromatic carbocycles. The molecule has 0 saturated carbocycles. The average Bonchev–Trinajstić information content (AvgIpc) is 2.20. The lowest BCUT2D eigenvalue weighted by molar-refractivity contribution is -0.140. The van der Waals surface area contributed by atoms with Crippen LogP contribution in [0.5, 0.6) is 0 Å². The zero-order chi connectivity index (χ0) is 10.4. The molecule has 0 heterocycles. The molecule has 2 nitrogen and oxygen atoms in total. The molecule has 1 atom stereocenters. The fraction of sp³-hybridized carbons (Fsp3) is 0.250. The Kier molecular flexibility index (Phi) is 3.92. The highest BCUT2D eigenvalue weighted by Crippen LogP contribution is 2.08. The van der Waals surface area contributed by atoms with Gasteiger partial charge in [0.25, 0.3) is 0 Å². The summed E-state index contributed by atoms with van der Waals surface area (Å²) in [6.45, 7) is 1.87. The van der Waals surface area contributed by atoms with Gasteiger partial charge in [0.2, 0.25) is 0 Å². The maximum absolute atomic E-state index is 10.7. The molecular weight excluding hydrogens is 176 g/mol. The number of carboxylic acids is 1. The van der Waals surface area contributed by atoms with E-state index in [9.17, 15) is 4.79 Å². The molecule has 0 aliphatic carbocycles. The topological polar surface area (TPSA) is 37.3 Å². The quantitative estimate of drug-likeness (QED) is 0.792. The van der Waals surface area contributed by atoms with Crippen molar-refractivity contribution in [3.05, 3.63) is 42.0 Å². The van der Waals surface area contributed by atoms with Crippen LogP contribution in [0, 0.1) is 5.92 Å². The molecule has 1 N–H and O–H groups in total. The first-order valence-electron chi connectivity index (χ1n) is 4.70. The zero-order valence-corrected chi connectivity index (χ0v) is 8.18. The molecule has 0 fully saturated rings. The first-order valence-corrected chi connectivity index (χ1v) is 4.70. The number of hydrogen-bond acceptors (Lipinski definition) is 1. The minimum absolute atomic E-state index is 0.379. The van der Waals surface area contributed by atoms with Gasteiger partial charge in [-0.3, -0.25) is 4.79 Å². The lowest BCUT2D eigenvalue weighted by Crippen LogP contribution is -2.08. The van der Waals surface area contributed by atoms with E-state index in [1.54, 1.807) is 6.08 Å². The van der Waals surface area contributed by atoms with Gasteiger partial charge >= 0.3 is 5.97 Å². The Morgan fingerprint density at radius 3 is 2.57 bits per heavy atom. The standard InChI is InChI=1S/C12H14O2/c1-2-11(12(13)14)9-8-10-6-4-3-5-7-10/h3-9,11H,2H2,1H3,(H,13,14)/b9-8+/t11-/m1/s1. The van der Waals surface area contributed by atoms with Gasteiger partial charge in [-0.25, -0.2) is 0 Å². The van der Waals surface area contributed by atoms with Gasteiger partial charge < -0.3 is 5.11 Å². The Morgan fingerprint density at radius 2 is 2.07 bits per heavy atom. The molecule has 0 aliphatic rings. The van der Waals surface area contributed by atoms with Crippen molar-refractivity contribution in [3.63, 3.8) is 0 Å². The van der Waals surface area contributed by atoms with Crippen LogP contribution in [0.2, 0.25) is 0 Å². The van der Waals surface area contributed by atoms with E-state index < -0.39 is 5.97 Å². The van der Waals surface area contributed by atoms with Crippen LogP contribution in [0.1, 0.15) is 18.9 Å². The Balaban J connectivity index is 2.67. The van der Waals surface area contributed by atoms with Gasteiger partial charge in [0.15, 0.2) is 0 Å². The first kappa shape index (κ1) is 10.5. The largest absolute Gasteiger partial charge is 0.481 e. The fourth-order valence-electron chi connectivity index (χ4n) is 1.18. The predicted molar refractivity (Wildman–Crippen MR) is 56.9 cm³/mol. The average molecular weight is 190 g/mol. The van der Waals surface area contributed by atoms with Crippen molar-refractivity contribution < 1.29 is 9.90 Å². The fourth-order valence-corrected chi connectivity index (χ4v) is 1.18. The van der Waals surface area contributed by atoms with Gasteiger partial charge in [-0.05, 0) is 12.0 Å². The number of carboxylic acid groups (broad SMARTS) is 1. The predicted octanol–water partition coefficient (Wildman–Crippen LogP) is 2.81. The number of benzene rings is 1. The Bertz CT molecular complexity index is 314. The minimum Gasteiger partial charge on any atom is -0.481 e. The first-order chi connectivity index (χ1) is 6.74. The zero-order valence-electron chi connectivity index (χ0n) is 8.18. The van der Waals surface area contributed by atoms with Crippen LogP contribution >= 0.6 is 0 Å². The molecule has 0 aliphatic heterocycles. The van der Waals surface area contributed by atoms with Gasteiger partial charge in [0, 0.05) is 0 Å². The maximum atomic E-state index is 10.7. The molecule has 2 heteroatoms. The van der Waals surface area contributed by atoms with Crippen molar-refractivity contribution in [2.45, 2.75) is 13.3 Å². The molecule has 0 amide bonds. The summed E-state index contributed by atoms with van der Waals surface area (Å²) in [5.74, 6) is -1.14.